The summed E-state index contributed by atoms with van der Waals surface area (Å²) in [4.78, 5) is 0. The van der Waals surface area contributed by atoms with Gasteiger partial charge >= 0.3 is 0 Å². The summed E-state index contributed by atoms with van der Waals surface area (Å²) in [6.07, 6.45) is 0. The van der Waals surface area contributed by atoms with Crippen LogP contribution in [-0.2, 0) is 0 Å². The van der Waals surface area contributed by atoms with Crippen LogP contribution >= 0.6 is 22.9 Å². The van der Waals surface area contributed by atoms with Gasteiger partial charge in [-0.1, -0.05) is 23.7 Å². The second-order valence-corrected chi connectivity index (χ2v) is 6.11. The Morgan fingerprint density at radius 2 is 1.74 bits per heavy atom. The van der Waals surface area contributed by atoms with Crippen molar-refractivity contribution in [1.82, 2.24) is 5.32 Å². The Morgan fingerprint density at radius 1 is 1.11 bits per heavy atom. The van der Waals surface area contributed by atoms with Crippen LogP contribution < -0.4 is 10.1 Å². The first-order valence-electron chi connectivity index (χ1n) is 6.24. The van der Waals surface area contributed by atoms with E-state index in [9.17, 15) is 0 Å². The van der Waals surface area contributed by atoms with Crippen LogP contribution in [0.3, 0.4) is 0 Å². The molecule has 0 aliphatic heterocycles. The minimum atomic E-state index is 0.277. The highest BCUT2D eigenvalue weighted by Crippen LogP contribution is 2.27. The van der Waals surface area contributed by atoms with Crippen LogP contribution in [-0.4, -0.2) is 7.11 Å². The fourth-order valence-electron chi connectivity index (χ4n) is 2.01. The zero-order valence-corrected chi connectivity index (χ0v) is 12.9. The van der Waals surface area contributed by atoms with Gasteiger partial charge in [-0.2, -0.15) is 0 Å². The van der Waals surface area contributed by atoms with Gasteiger partial charge in [-0.25, -0.2) is 0 Å². The predicted octanol–water partition coefficient (Wildman–Crippen LogP) is 4.82. The number of halogens is 1. The second-order valence-electron chi connectivity index (χ2n) is 4.57. The molecule has 2 rings (SSSR count). The summed E-state index contributed by atoms with van der Waals surface area (Å²) in [6, 6.07) is 10.7. The SMILES string of the molecule is COc1ccc(C(C)NC(C)c2csc(Cl)c2)cc1. The van der Waals surface area contributed by atoms with Gasteiger partial charge in [0, 0.05) is 12.1 Å². The van der Waals surface area contributed by atoms with Crippen LogP contribution in [0.2, 0.25) is 4.34 Å². The van der Waals surface area contributed by atoms with Gasteiger partial charge < -0.3 is 10.1 Å². The van der Waals surface area contributed by atoms with Gasteiger partial charge in [-0.3, -0.25) is 0 Å². The van der Waals surface area contributed by atoms with E-state index in [0.29, 0.717) is 0 Å². The molecule has 2 atom stereocenters. The van der Waals surface area contributed by atoms with E-state index in [4.69, 9.17) is 16.3 Å². The fourth-order valence-corrected chi connectivity index (χ4v) is 3.00. The Hall–Kier alpha value is -1.03. The first kappa shape index (κ1) is 14.4. The van der Waals surface area contributed by atoms with E-state index >= 15 is 0 Å². The van der Waals surface area contributed by atoms with E-state index in [0.717, 1.165) is 10.1 Å². The van der Waals surface area contributed by atoms with Gasteiger partial charge in [0.15, 0.2) is 0 Å². The third-order valence-corrected chi connectivity index (χ3v) is 4.31. The molecule has 1 aromatic carbocycles. The van der Waals surface area contributed by atoms with Crippen LogP contribution in [0.5, 0.6) is 5.75 Å². The summed E-state index contributed by atoms with van der Waals surface area (Å²) in [5, 5.41) is 5.67. The van der Waals surface area contributed by atoms with Crippen LogP contribution in [0.15, 0.2) is 35.7 Å². The van der Waals surface area contributed by atoms with Gasteiger partial charge in [0.1, 0.15) is 5.75 Å². The summed E-state index contributed by atoms with van der Waals surface area (Å²) in [5.41, 5.74) is 2.48. The molecule has 2 aromatic rings. The first-order chi connectivity index (χ1) is 9.10. The van der Waals surface area contributed by atoms with Crippen molar-refractivity contribution < 1.29 is 4.74 Å². The highest BCUT2D eigenvalue weighted by Gasteiger charge is 2.12. The maximum Gasteiger partial charge on any atom is 0.118 e. The number of rotatable bonds is 5. The molecule has 0 radical (unpaired) electrons. The molecule has 1 heterocycles. The van der Waals surface area contributed by atoms with E-state index in [2.05, 4.69) is 36.7 Å². The van der Waals surface area contributed by atoms with Crippen LogP contribution in [0.1, 0.15) is 37.1 Å². The molecule has 0 aliphatic rings. The van der Waals surface area contributed by atoms with Gasteiger partial charge in [-0.15, -0.1) is 11.3 Å². The van der Waals surface area contributed by atoms with Gasteiger partial charge in [0.25, 0.3) is 0 Å². The van der Waals surface area contributed by atoms with Crippen molar-refractivity contribution in [3.8, 4) is 5.75 Å². The molecule has 102 valence electrons. The van der Waals surface area contributed by atoms with Crippen molar-refractivity contribution in [2.45, 2.75) is 25.9 Å². The summed E-state index contributed by atoms with van der Waals surface area (Å²) < 4.78 is 6.00. The first-order valence-corrected chi connectivity index (χ1v) is 7.50. The van der Waals surface area contributed by atoms with Gasteiger partial charge in [0.05, 0.1) is 11.4 Å². The minimum Gasteiger partial charge on any atom is -0.497 e. The van der Waals surface area contributed by atoms with Gasteiger partial charge in [0.2, 0.25) is 0 Å². The maximum absolute atomic E-state index is 5.97. The molecule has 0 spiro atoms. The zero-order chi connectivity index (χ0) is 13.8. The number of nitrogens with one attached hydrogen (secondary N) is 1. The van der Waals surface area contributed by atoms with Crippen molar-refractivity contribution in [3.63, 3.8) is 0 Å². The lowest BCUT2D eigenvalue weighted by atomic mass is 10.1. The third-order valence-electron chi connectivity index (χ3n) is 3.20. The largest absolute Gasteiger partial charge is 0.497 e. The zero-order valence-electron chi connectivity index (χ0n) is 11.3. The van der Waals surface area contributed by atoms with Crippen molar-refractivity contribution in [2.24, 2.45) is 0 Å². The molecule has 0 saturated carbocycles. The predicted molar refractivity (Wildman–Crippen MR) is 82.3 cm³/mol. The summed E-state index contributed by atoms with van der Waals surface area (Å²) in [7, 11) is 1.68. The fraction of sp³-hybridized carbons (Fsp3) is 0.333. The summed E-state index contributed by atoms with van der Waals surface area (Å²) in [6.45, 7) is 4.31. The standard InChI is InChI=1S/C15H18ClNOS/c1-10(12-4-6-14(18-3)7-5-12)17-11(2)13-8-15(16)19-9-13/h4-11,17H,1-3H3. The highest BCUT2D eigenvalue weighted by atomic mass is 35.5. The third kappa shape index (κ3) is 3.72. The summed E-state index contributed by atoms with van der Waals surface area (Å²) in [5.74, 6) is 0.883. The average Bonchev–Trinajstić information content (AvgIpc) is 2.85. The normalized spacial score (nSPS) is 14.1. The van der Waals surface area contributed by atoms with Crippen LogP contribution in [0, 0.1) is 0 Å². The minimum absolute atomic E-state index is 0.277. The lowest BCUT2D eigenvalue weighted by molar-refractivity contribution is 0.414. The Balaban J connectivity index is 2.01. The Labute approximate surface area is 123 Å². The average molecular weight is 296 g/mol. The molecule has 2 unspecified atom stereocenters. The molecule has 4 heteroatoms. The molecule has 1 N–H and O–H groups in total. The Morgan fingerprint density at radius 3 is 2.26 bits per heavy atom. The molecule has 0 bridgehead atoms. The van der Waals surface area contributed by atoms with Crippen LogP contribution in [0.25, 0.3) is 0 Å². The molecule has 1 aromatic heterocycles. The van der Waals surface area contributed by atoms with E-state index < -0.39 is 0 Å². The molecule has 0 amide bonds. The van der Waals surface area contributed by atoms with Crippen molar-refractivity contribution in [2.75, 3.05) is 7.11 Å². The number of benzene rings is 1. The van der Waals surface area contributed by atoms with Crippen molar-refractivity contribution in [3.05, 3.63) is 51.2 Å². The number of thiophene rings is 1. The molecule has 2 nitrogen and oxygen atoms in total. The van der Waals surface area contributed by atoms with E-state index in [1.165, 1.54) is 11.1 Å². The number of hydrogen-bond donors (Lipinski definition) is 1. The van der Waals surface area contributed by atoms with E-state index in [-0.39, 0.29) is 12.1 Å². The maximum atomic E-state index is 5.97. The molecular weight excluding hydrogens is 278 g/mol. The van der Waals surface area contributed by atoms with E-state index in [1.807, 2.05) is 18.2 Å². The quantitative estimate of drug-likeness (QED) is 0.853. The molecule has 0 aliphatic carbocycles. The monoisotopic (exact) mass is 295 g/mol. The number of hydrogen-bond acceptors (Lipinski definition) is 3. The van der Waals surface area contributed by atoms with Crippen molar-refractivity contribution >= 4 is 22.9 Å². The molecular formula is C15H18ClNOS. The lowest BCUT2D eigenvalue weighted by Crippen LogP contribution is -2.22. The van der Waals surface area contributed by atoms with Crippen molar-refractivity contribution in [1.29, 1.82) is 0 Å². The Bertz CT molecular complexity index is 523. The topological polar surface area (TPSA) is 21.3 Å². The number of ether oxygens (including phenoxy) is 1. The number of methoxy groups -OCH3 is 1. The van der Waals surface area contributed by atoms with Gasteiger partial charge in [-0.05, 0) is 48.6 Å². The van der Waals surface area contributed by atoms with Crippen LogP contribution in [0.4, 0.5) is 0 Å². The highest BCUT2D eigenvalue weighted by molar-refractivity contribution is 7.14. The molecule has 19 heavy (non-hydrogen) atoms. The smallest absolute Gasteiger partial charge is 0.118 e. The molecule has 0 saturated heterocycles. The Kier molecular flexibility index (Phi) is 4.86. The lowest BCUT2D eigenvalue weighted by Gasteiger charge is -2.20. The van der Waals surface area contributed by atoms with E-state index in [1.54, 1.807) is 18.4 Å². The summed E-state index contributed by atoms with van der Waals surface area (Å²) >= 11 is 7.54. The second kappa shape index (κ2) is 6.42. The molecule has 0 fully saturated rings.